The number of nitrogens with one attached hydrogen (secondary N) is 2. The summed E-state index contributed by atoms with van der Waals surface area (Å²) in [6, 6.07) is 8.58. The summed E-state index contributed by atoms with van der Waals surface area (Å²) in [5.74, 6) is 1.88. The maximum atomic E-state index is 5.35. The van der Waals surface area contributed by atoms with E-state index >= 15 is 0 Å². The van der Waals surface area contributed by atoms with Gasteiger partial charge in [-0.25, -0.2) is 0 Å². The molecule has 0 saturated heterocycles. The molecule has 2 heterocycles. The molecule has 120 valence electrons. The Bertz CT molecular complexity index is 534. The van der Waals surface area contributed by atoms with E-state index in [4.69, 9.17) is 4.42 Å². The molecule has 0 saturated carbocycles. The van der Waals surface area contributed by atoms with E-state index in [9.17, 15) is 0 Å². The predicted molar refractivity (Wildman–Crippen MR) is 93.6 cm³/mol. The number of hydrogen-bond donors (Lipinski definition) is 2. The molecule has 0 amide bonds. The predicted octanol–water partition coefficient (Wildman–Crippen LogP) is 3.46. The molecule has 2 aromatic heterocycles. The Hall–Kier alpha value is -1.75. The van der Waals surface area contributed by atoms with Crippen molar-refractivity contribution in [1.29, 1.82) is 0 Å². The maximum Gasteiger partial charge on any atom is 0.191 e. The number of aliphatic imine (C=N–C) groups is 1. The molecule has 0 spiro atoms. The van der Waals surface area contributed by atoms with Crippen LogP contribution in [0.3, 0.4) is 0 Å². The molecule has 0 fully saturated rings. The second kappa shape index (κ2) is 9.30. The maximum absolute atomic E-state index is 5.35. The second-order valence-corrected chi connectivity index (χ2v) is 6.30. The summed E-state index contributed by atoms with van der Waals surface area (Å²) >= 11 is 1.79. The van der Waals surface area contributed by atoms with Crippen LogP contribution in [0.2, 0.25) is 0 Å². The lowest BCUT2D eigenvalue weighted by atomic mass is 10.3. The average Bonchev–Trinajstić information content (AvgIpc) is 3.20. The summed E-state index contributed by atoms with van der Waals surface area (Å²) in [6.45, 7) is 5.95. The fraction of sp³-hybridized carbons (Fsp3) is 0.471. The van der Waals surface area contributed by atoms with Gasteiger partial charge in [-0.05, 0) is 36.9 Å². The van der Waals surface area contributed by atoms with Crippen molar-refractivity contribution in [3.05, 3.63) is 46.5 Å². The minimum atomic E-state index is 0.414. The SMILES string of the molecule is CCC(C)NC(=NCCc1cccs1)NCCc1ccco1. The highest BCUT2D eigenvalue weighted by molar-refractivity contribution is 7.09. The molecule has 0 aromatic carbocycles. The van der Waals surface area contributed by atoms with E-state index in [1.54, 1.807) is 17.6 Å². The zero-order chi connectivity index (χ0) is 15.6. The van der Waals surface area contributed by atoms with Crippen molar-refractivity contribution in [3.8, 4) is 0 Å². The molecule has 4 nitrogen and oxygen atoms in total. The van der Waals surface area contributed by atoms with Crippen molar-refractivity contribution in [2.75, 3.05) is 13.1 Å². The Balaban J connectivity index is 1.81. The molecule has 2 rings (SSSR count). The van der Waals surface area contributed by atoms with Crippen molar-refractivity contribution >= 4 is 17.3 Å². The Morgan fingerprint density at radius 3 is 2.91 bits per heavy atom. The molecule has 5 heteroatoms. The fourth-order valence-electron chi connectivity index (χ4n) is 1.98. The molecule has 0 radical (unpaired) electrons. The smallest absolute Gasteiger partial charge is 0.191 e. The van der Waals surface area contributed by atoms with Gasteiger partial charge in [0.1, 0.15) is 5.76 Å². The van der Waals surface area contributed by atoms with Gasteiger partial charge in [0, 0.05) is 36.9 Å². The van der Waals surface area contributed by atoms with Crippen LogP contribution in [0.25, 0.3) is 0 Å². The van der Waals surface area contributed by atoms with E-state index in [-0.39, 0.29) is 0 Å². The summed E-state index contributed by atoms with van der Waals surface area (Å²) in [7, 11) is 0. The minimum Gasteiger partial charge on any atom is -0.469 e. The van der Waals surface area contributed by atoms with Crippen LogP contribution in [-0.2, 0) is 12.8 Å². The molecule has 0 bridgehead atoms. The average molecular weight is 319 g/mol. The van der Waals surface area contributed by atoms with Crippen LogP contribution in [0.4, 0.5) is 0 Å². The van der Waals surface area contributed by atoms with Crippen LogP contribution in [0.1, 0.15) is 30.9 Å². The van der Waals surface area contributed by atoms with Crippen molar-refractivity contribution in [2.45, 2.75) is 39.2 Å². The summed E-state index contributed by atoms with van der Waals surface area (Å²) < 4.78 is 5.35. The van der Waals surface area contributed by atoms with E-state index in [1.165, 1.54) is 4.88 Å². The lowest BCUT2D eigenvalue weighted by molar-refractivity contribution is 0.506. The van der Waals surface area contributed by atoms with E-state index < -0.39 is 0 Å². The monoisotopic (exact) mass is 319 g/mol. The van der Waals surface area contributed by atoms with Crippen LogP contribution >= 0.6 is 11.3 Å². The zero-order valence-corrected chi connectivity index (χ0v) is 14.2. The Morgan fingerprint density at radius 2 is 2.23 bits per heavy atom. The number of hydrogen-bond acceptors (Lipinski definition) is 3. The first-order chi connectivity index (χ1) is 10.8. The first kappa shape index (κ1) is 16.6. The first-order valence-electron chi connectivity index (χ1n) is 7.87. The highest BCUT2D eigenvalue weighted by Gasteiger charge is 2.04. The van der Waals surface area contributed by atoms with Crippen LogP contribution in [0.5, 0.6) is 0 Å². The molecule has 0 aliphatic heterocycles. The fourth-order valence-corrected chi connectivity index (χ4v) is 2.68. The van der Waals surface area contributed by atoms with E-state index in [2.05, 4.69) is 47.0 Å². The topological polar surface area (TPSA) is 49.6 Å². The van der Waals surface area contributed by atoms with Gasteiger partial charge in [-0.2, -0.15) is 0 Å². The number of nitrogens with zero attached hydrogens (tertiary/aromatic N) is 1. The molecule has 0 aliphatic rings. The van der Waals surface area contributed by atoms with E-state index in [1.807, 2.05) is 12.1 Å². The van der Waals surface area contributed by atoms with Crippen LogP contribution in [0.15, 0.2) is 45.3 Å². The van der Waals surface area contributed by atoms with E-state index in [0.717, 1.165) is 44.1 Å². The quantitative estimate of drug-likeness (QED) is 0.579. The number of furan rings is 1. The normalized spacial score (nSPS) is 13.1. The van der Waals surface area contributed by atoms with Gasteiger partial charge in [0.25, 0.3) is 0 Å². The lowest BCUT2D eigenvalue weighted by Crippen LogP contribution is -2.43. The van der Waals surface area contributed by atoms with Gasteiger partial charge in [-0.3, -0.25) is 4.99 Å². The second-order valence-electron chi connectivity index (χ2n) is 5.27. The third-order valence-corrected chi connectivity index (χ3v) is 4.38. The van der Waals surface area contributed by atoms with Crippen LogP contribution < -0.4 is 10.6 Å². The molecular weight excluding hydrogens is 294 g/mol. The van der Waals surface area contributed by atoms with Gasteiger partial charge < -0.3 is 15.1 Å². The highest BCUT2D eigenvalue weighted by atomic mass is 32.1. The van der Waals surface area contributed by atoms with Crippen molar-refractivity contribution in [1.82, 2.24) is 10.6 Å². The molecule has 1 atom stereocenters. The van der Waals surface area contributed by atoms with Gasteiger partial charge in [-0.1, -0.05) is 13.0 Å². The molecule has 2 N–H and O–H groups in total. The van der Waals surface area contributed by atoms with Crippen LogP contribution in [-0.4, -0.2) is 25.1 Å². The summed E-state index contributed by atoms with van der Waals surface area (Å²) in [5, 5.41) is 8.93. The molecule has 2 aromatic rings. The number of thiophene rings is 1. The minimum absolute atomic E-state index is 0.414. The molecule has 0 aliphatic carbocycles. The van der Waals surface area contributed by atoms with Crippen molar-refractivity contribution in [2.24, 2.45) is 4.99 Å². The largest absolute Gasteiger partial charge is 0.469 e. The molecule has 22 heavy (non-hydrogen) atoms. The van der Waals surface area contributed by atoms with Crippen molar-refractivity contribution < 1.29 is 4.42 Å². The van der Waals surface area contributed by atoms with Gasteiger partial charge in [-0.15, -0.1) is 11.3 Å². The Labute approximate surface area is 136 Å². The zero-order valence-electron chi connectivity index (χ0n) is 13.3. The van der Waals surface area contributed by atoms with Crippen molar-refractivity contribution in [3.63, 3.8) is 0 Å². The Kier molecular flexibility index (Phi) is 7.03. The highest BCUT2D eigenvalue weighted by Crippen LogP contribution is 2.08. The third kappa shape index (κ3) is 5.93. The van der Waals surface area contributed by atoms with Gasteiger partial charge in [0.2, 0.25) is 0 Å². The first-order valence-corrected chi connectivity index (χ1v) is 8.75. The van der Waals surface area contributed by atoms with Crippen LogP contribution in [0, 0.1) is 0 Å². The molecule has 1 unspecified atom stereocenters. The molecular formula is C17H25N3OS. The summed E-state index contributed by atoms with van der Waals surface area (Å²) in [4.78, 5) is 6.05. The van der Waals surface area contributed by atoms with E-state index in [0.29, 0.717) is 6.04 Å². The van der Waals surface area contributed by atoms with Gasteiger partial charge in [0.05, 0.1) is 6.26 Å². The number of guanidine groups is 1. The summed E-state index contributed by atoms with van der Waals surface area (Å²) in [6.07, 6.45) is 4.63. The lowest BCUT2D eigenvalue weighted by Gasteiger charge is -2.16. The summed E-state index contributed by atoms with van der Waals surface area (Å²) in [5.41, 5.74) is 0. The number of rotatable bonds is 8. The standard InChI is InChI=1S/C17H25N3OS/c1-3-14(2)20-17(18-10-8-15-6-4-12-21-15)19-11-9-16-7-5-13-22-16/h4-7,12-14H,3,8-11H2,1-2H3,(H2,18,19,20). The van der Waals surface area contributed by atoms with Gasteiger partial charge in [0.15, 0.2) is 5.96 Å². The third-order valence-electron chi connectivity index (χ3n) is 3.45. The van der Waals surface area contributed by atoms with Gasteiger partial charge >= 0.3 is 0 Å². The Morgan fingerprint density at radius 1 is 1.32 bits per heavy atom.